The van der Waals surface area contributed by atoms with Crippen molar-refractivity contribution in [1.82, 2.24) is 15.3 Å². The van der Waals surface area contributed by atoms with Gasteiger partial charge in [-0.05, 0) is 59.0 Å². The first-order valence-corrected chi connectivity index (χ1v) is 11.0. The van der Waals surface area contributed by atoms with E-state index in [1.165, 1.54) is 47.4 Å². The van der Waals surface area contributed by atoms with Crippen LogP contribution in [0.3, 0.4) is 0 Å². The molecule has 30 heavy (non-hydrogen) atoms. The van der Waals surface area contributed by atoms with Crippen LogP contribution >= 0.6 is 23.1 Å². The van der Waals surface area contributed by atoms with E-state index in [0.29, 0.717) is 5.16 Å². The molecule has 1 amide bonds. The summed E-state index contributed by atoms with van der Waals surface area (Å²) in [6, 6.07) is 15.7. The summed E-state index contributed by atoms with van der Waals surface area (Å²) in [4.78, 5) is 21.0. The predicted molar refractivity (Wildman–Crippen MR) is 115 cm³/mol. The molecule has 2 heterocycles. The van der Waals surface area contributed by atoms with Crippen LogP contribution in [0.5, 0.6) is 0 Å². The summed E-state index contributed by atoms with van der Waals surface area (Å²) in [6.07, 6.45) is 1.65. The fourth-order valence-corrected chi connectivity index (χ4v) is 4.38. The Morgan fingerprint density at radius 3 is 2.43 bits per heavy atom. The number of aromatic amines is 1. The number of carbonyl (C=O) groups excluding carboxylic acids is 1. The van der Waals surface area contributed by atoms with Gasteiger partial charge in [-0.1, -0.05) is 30.0 Å². The summed E-state index contributed by atoms with van der Waals surface area (Å²) < 4.78 is 26.4. The maximum Gasteiger partial charge on any atom is 0.231 e. The van der Waals surface area contributed by atoms with Gasteiger partial charge in [0.1, 0.15) is 11.6 Å². The van der Waals surface area contributed by atoms with Crippen LogP contribution < -0.4 is 5.32 Å². The highest BCUT2D eigenvalue weighted by atomic mass is 32.2. The summed E-state index contributed by atoms with van der Waals surface area (Å²) in [5.41, 5.74) is 2.38. The number of benzene rings is 2. The van der Waals surface area contributed by atoms with Crippen molar-refractivity contribution in [2.45, 2.75) is 11.2 Å². The van der Waals surface area contributed by atoms with E-state index >= 15 is 0 Å². The molecule has 2 aromatic heterocycles. The van der Waals surface area contributed by atoms with Crippen LogP contribution in [0.1, 0.15) is 16.5 Å². The Balaban J connectivity index is 1.40. The molecule has 1 atom stereocenters. The molecule has 0 fully saturated rings. The maximum atomic E-state index is 13.3. The second-order valence-corrected chi connectivity index (χ2v) is 8.41. The van der Waals surface area contributed by atoms with Crippen molar-refractivity contribution >= 4 is 29.0 Å². The number of aromatic nitrogens is 2. The first-order chi connectivity index (χ1) is 14.6. The van der Waals surface area contributed by atoms with Crippen LogP contribution in [0.25, 0.3) is 11.3 Å². The second-order valence-electron chi connectivity index (χ2n) is 6.47. The van der Waals surface area contributed by atoms with Crippen LogP contribution in [0.15, 0.2) is 77.4 Å². The van der Waals surface area contributed by atoms with Crippen LogP contribution in [-0.2, 0) is 4.79 Å². The van der Waals surface area contributed by atoms with Gasteiger partial charge in [0.15, 0.2) is 5.16 Å². The van der Waals surface area contributed by atoms with Gasteiger partial charge in [-0.25, -0.2) is 13.8 Å². The molecule has 152 valence electrons. The van der Waals surface area contributed by atoms with E-state index in [-0.39, 0.29) is 29.3 Å². The zero-order valence-electron chi connectivity index (χ0n) is 15.6. The lowest BCUT2D eigenvalue weighted by Crippen LogP contribution is -2.30. The highest BCUT2D eigenvalue weighted by Crippen LogP contribution is 2.27. The predicted octanol–water partition coefficient (Wildman–Crippen LogP) is 5.41. The van der Waals surface area contributed by atoms with Crippen molar-refractivity contribution in [3.05, 3.63) is 94.3 Å². The summed E-state index contributed by atoms with van der Waals surface area (Å²) in [7, 11) is 0. The molecule has 0 aliphatic heterocycles. The molecule has 4 nitrogen and oxygen atoms in total. The van der Waals surface area contributed by atoms with Gasteiger partial charge in [0.25, 0.3) is 0 Å². The highest BCUT2D eigenvalue weighted by Gasteiger charge is 2.18. The number of amides is 1. The minimum absolute atomic E-state index is 0.164. The fourth-order valence-electron chi connectivity index (χ4n) is 2.92. The Morgan fingerprint density at radius 2 is 1.77 bits per heavy atom. The summed E-state index contributed by atoms with van der Waals surface area (Å²) in [5.74, 6) is -0.617. The molecule has 8 heteroatoms. The second kappa shape index (κ2) is 9.23. The molecule has 0 aliphatic rings. The number of carbonyl (C=O) groups is 1. The zero-order valence-corrected chi connectivity index (χ0v) is 17.3. The molecule has 0 saturated heterocycles. The lowest BCUT2D eigenvalue weighted by molar-refractivity contribution is -0.119. The van der Waals surface area contributed by atoms with Crippen molar-refractivity contribution in [1.29, 1.82) is 0 Å². The normalized spacial score (nSPS) is 11.9. The van der Waals surface area contributed by atoms with E-state index < -0.39 is 0 Å². The van der Waals surface area contributed by atoms with Gasteiger partial charge in [0.05, 0.1) is 23.7 Å². The lowest BCUT2D eigenvalue weighted by atomic mass is 10.1. The van der Waals surface area contributed by atoms with Crippen LogP contribution in [0.2, 0.25) is 0 Å². The van der Waals surface area contributed by atoms with Crippen molar-refractivity contribution in [2.75, 3.05) is 5.75 Å². The smallest absolute Gasteiger partial charge is 0.231 e. The molecular formula is C22H17F2N3OS2. The number of hydrogen-bond acceptors (Lipinski definition) is 4. The molecule has 0 radical (unpaired) electrons. The van der Waals surface area contributed by atoms with E-state index in [0.717, 1.165) is 21.7 Å². The Labute approximate surface area is 180 Å². The lowest BCUT2D eigenvalue weighted by Gasteiger charge is -2.18. The molecule has 0 saturated carbocycles. The van der Waals surface area contributed by atoms with Crippen LogP contribution in [0, 0.1) is 11.6 Å². The first-order valence-electron chi connectivity index (χ1n) is 9.10. The van der Waals surface area contributed by atoms with E-state index in [4.69, 9.17) is 0 Å². The Kier molecular flexibility index (Phi) is 6.25. The summed E-state index contributed by atoms with van der Waals surface area (Å²) in [5, 5.41) is 5.55. The number of rotatable bonds is 7. The van der Waals surface area contributed by atoms with Gasteiger partial charge >= 0.3 is 0 Å². The zero-order chi connectivity index (χ0) is 20.9. The van der Waals surface area contributed by atoms with Crippen molar-refractivity contribution in [3.63, 3.8) is 0 Å². The van der Waals surface area contributed by atoms with Crippen LogP contribution in [0.4, 0.5) is 8.78 Å². The molecule has 4 rings (SSSR count). The molecule has 4 aromatic rings. The third-order valence-electron chi connectivity index (χ3n) is 4.38. The highest BCUT2D eigenvalue weighted by molar-refractivity contribution is 7.99. The number of halogens is 2. The third kappa shape index (κ3) is 4.95. The number of thiophene rings is 1. The van der Waals surface area contributed by atoms with Gasteiger partial charge in [-0.15, -0.1) is 11.3 Å². The molecule has 1 unspecified atom stereocenters. The van der Waals surface area contributed by atoms with Crippen molar-refractivity contribution in [3.8, 4) is 11.3 Å². The van der Waals surface area contributed by atoms with Crippen molar-refractivity contribution < 1.29 is 13.6 Å². The van der Waals surface area contributed by atoms with Gasteiger partial charge < -0.3 is 10.3 Å². The minimum Gasteiger partial charge on any atom is -0.344 e. The van der Waals surface area contributed by atoms with E-state index in [9.17, 15) is 13.6 Å². The number of nitrogens with zero attached hydrogens (tertiary/aromatic N) is 1. The quantitative estimate of drug-likeness (QED) is 0.377. The average Bonchev–Trinajstić information content (AvgIpc) is 3.44. The van der Waals surface area contributed by atoms with Crippen LogP contribution in [-0.4, -0.2) is 21.6 Å². The number of thioether (sulfide) groups is 1. The molecule has 0 bridgehead atoms. The summed E-state index contributed by atoms with van der Waals surface area (Å²) in [6.45, 7) is 0. The largest absolute Gasteiger partial charge is 0.344 e. The monoisotopic (exact) mass is 441 g/mol. The standard InChI is InChI=1S/C22H17F2N3OS2/c23-16-7-3-14(4-8-16)18-12-25-22(26-18)30-13-20(28)27-21(19-2-1-11-29-19)15-5-9-17(24)10-6-15/h1-12,21H,13H2,(H,25,26)(H,27,28). The summed E-state index contributed by atoms with van der Waals surface area (Å²) >= 11 is 2.80. The topological polar surface area (TPSA) is 57.8 Å². The minimum atomic E-state index is -0.343. The van der Waals surface area contributed by atoms with E-state index in [1.54, 1.807) is 30.5 Å². The van der Waals surface area contributed by atoms with Gasteiger partial charge in [-0.3, -0.25) is 4.79 Å². The van der Waals surface area contributed by atoms with Gasteiger partial charge in [0, 0.05) is 4.88 Å². The number of imidazole rings is 1. The maximum absolute atomic E-state index is 13.3. The number of nitrogens with one attached hydrogen (secondary N) is 2. The average molecular weight is 442 g/mol. The van der Waals surface area contributed by atoms with E-state index in [1.807, 2.05) is 17.5 Å². The molecule has 0 aliphatic carbocycles. The van der Waals surface area contributed by atoms with Gasteiger partial charge in [0.2, 0.25) is 5.91 Å². The van der Waals surface area contributed by atoms with Crippen molar-refractivity contribution in [2.24, 2.45) is 0 Å². The molecule has 2 N–H and O–H groups in total. The third-order valence-corrected chi connectivity index (χ3v) is 6.21. The molecular weight excluding hydrogens is 424 g/mol. The molecule has 2 aromatic carbocycles. The van der Waals surface area contributed by atoms with E-state index in [2.05, 4.69) is 15.3 Å². The fraction of sp³-hybridized carbons (Fsp3) is 0.0909. The van der Waals surface area contributed by atoms with Gasteiger partial charge in [-0.2, -0.15) is 0 Å². The Morgan fingerprint density at radius 1 is 1.07 bits per heavy atom. The number of hydrogen-bond donors (Lipinski definition) is 2. The Bertz CT molecular complexity index is 1110. The first kappa shape index (κ1) is 20.3. The Hall–Kier alpha value is -2.97. The number of H-pyrrole nitrogens is 1. The molecule has 0 spiro atoms. The SMILES string of the molecule is O=C(CSc1ncc(-c2ccc(F)cc2)[nH]1)NC(c1ccc(F)cc1)c1cccs1.